The summed E-state index contributed by atoms with van der Waals surface area (Å²) in [5.41, 5.74) is 6.16. The Hall–Kier alpha value is -1.89. The third-order valence-electron chi connectivity index (χ3n) is 2.92. The Bertz CT molecular complexity index is 557. The molecule has 0 aliphatic carbocycles. The zero-order valence-electron chi connectivity index (χ0n) is 11.3. The van der Waals surface area contributed by atoms with E-state index in [9.17, 15) is 0 Å². The summed E-state index contributed by atoms with van der Waals surface area (Å²) in [6.07, 6.45) is 9.32. The Kier molecular flexibility index (Phi) is 3.93. The fraction of sp³-hybridized carbons (Fsp3) is 0.235. The molecule has 1 aromatic carbocycles. The molecule has 0 aromatic heterocycles. The quantitative estimate of drug-likeness (QED) is 0.682. The number of hydrogen-bond acceptors (Lipinski definition) is 1. The summed E-state index contributed by atoms with van der Waals surface area (Å²) in [5, 5.41) is 0. The fourth-order valence-corrected chi connectivity index (χ4v) is 1.97. The van der Waals surface area contributed by atoms with Crippen molar-refractivity contribution in [3.8, 4) is 0 Å². The first kappa shape index (κ1) is 12.6. The van der Waals surface area contributed by atoms with E-state index < -0.39 is 0 Å². The van der Waals surface area contributed by atoms with Crippen LogP contribution in [0.2, 0.25) is 0 Å². The molecule has 2 rings (SSSR count). The lowest BCUT2D eigenvalue weighted by molar-refractivity contribution is 1.09. The minimum atomic E-state index is 0.977. The molecule has 0 saturated carbocycles. The van der Waals surface area contributed by atoms with Crippen molar-refractivity contribution in [2.45, 2.75) is 27.2 Å². The van der Waals surface area contributed by atoms with Crippen molar-refractivity contribution in [3.05, 3.63) is 71.0 Å². The van der Waals surface area contributed by atoms with Crippen LogP contribution in [0.1, 0.15) is 31.4 Å². The lowest BCUT2D eigenvalue weighted by Gasteiger charge is -2.17. The van der Waals surface area contributed by atoms with Gasteiger partial charge in [0.2, 0.25) is 0 Å². The first-order valence-corrected chi connectivity index (χ1v) is 6.34. The first-order chi connectivity index (χ1) is 8.69. The third kappa shape index (κ3) is 3.07. The van der Waals surface area contributed by atoms with Crippen LogP contribution in [-0.4, -0.2) is 5.71 Å². The molecule has 1 aromatic rings. The molecule has 0 saturated heterocycles. The van der Waals surface area contributed by atoms with Gasteiger partial charge >= 0.3 is 0 Å². The lowest BCUT2D eigenvalue weighted by atomic mass is 9.98. The number of hydrogen-bond donors (Lipinski definition) is 0. The molecular weight excluding hydrogens is 218 g/mol. The van der Waals surface area contributed by atoms with Crippen LogP contribution in [0.15, 0.2) is 64.8 Å². The van der Waals surface area contributed by atoms with Crippen LogP contribution in [0.5, 0.6) is 0 Å². The van der Waals surface area contributed by atoms with Crippen LogP contribution in [0.3, 0.4) is 0 Å². The highest BCUT2D eigenvalue weighted by atomic mass is 14.8. The van der Waals surface area contributed by atoms with Crippen LogP contribution < -0.4 is 0 Å². The second kappa shape index (κ2) is 5.63. The van der Waals surface area contributed by atoms with Gasteiger partial charge in [0.25, 0.3) is 0 Å². The standard InChI is InChI=1S/C17H19N/c1-4-5-7-14(3)11-16-12-17(18-16)15-9-6-8-13(2)10-15/h4-11H,12H2,1-3H3/b5-4+,14-7-,16-11+. The van der Waals surface area contributed by atoms with Crippen molar-refractivity contribution < 1.29 is 0 Å². The molecular formula is C17H19N. The van der Waals surface area contributed by atoms with Gasteiger partial charge < -0.3 is 0 Å². The van der Waals surface area contributed by atoms with E-state index in [2.05, 4.69) is 61.3 Å². The van der Waals surface area contributed by atoms with E-state index in [1.807, 2.05) is 13.0 Å². The van der Waals surface area contributed by atoms with Crippen molar-refractivity contribution >= 4 is 5.71 Å². The molecule has 0 N–H and O–H groups in total. The summed E-state index contributed by atoms with van der Waals surface area (Å²) in [6, 6.07) is 8.53. The van der Waals surface area contributed by atoms with Crippen molar-refractivity contribution in [1.29, 1.82) is 0 Å². The van der Waals surface area contributed by atoms with E-state index in [1.165, 1.54) is 28.1 Å². The molecule has 1 aliphatic rings. The zero-order valence-corrected chi connectivity index (χ0v) is 11.3. The van der Waals surface area contributed by atoms with Gasteiger partial charge in [0.15, 0.2) is 0 Å². The highest BCUT2D eigenvalue weighted by Gasteiger charge is 2.15. The molecule has 0 amide bonds. The number of benzene rings is 1. The summed E-state index contributed by atoms with van der Waals surface area (Å²) in [6.45, 7) is 6.24. The topological polar surface area (TPSA) is 12.4 Å². The molecule has 0 fully saturated rings. The maximum atomic E-state index is 4.59. The SMILES string of the molecule is C/C=C/C=C(C)\C=C1/CC(c2cccc(C)c2)=N1. The first-order valence-electron chi connectivity index (χ1n) is 6.34. The van der Waals surface area contributed by atoms with Gasteiger partial charge in [-0.15, -0.1) is 0 Å². The smallest absolute Gasteiger partial charge is 0.0538 e. The predicted molar refractivity (Wildman–Crippen MR) is 79.0 cm³/mol. The van der Waals surface area contributed by atoms with Gasteiger partial charge in [0.05, 0.1) is 5.71 Å². The number of aryl methyl sites for hydroxylation is 1. The zero-order chi connectivity index (χ0) is 13.0. The average Bonchev–Trinajstić information content (AvgIpc) is 2.30. The highest BCUT2D eigenvalue weighted by molar-refractivity contribution is 6.06. The van der Waals surface area contributed by atoms with E-state index >= 15 is 0 Å². The van der Waals surface area contributed by atoms with Crippen LogP contribution >= 0.6 is 0 Å². The van der Waals surface area contributed by atoms with Gasteiger partial charge in [-0.2, -0.15) is 0 Å². The highest BCUT2D eigenvalue weighted by Crippen LogP contribution is 2.24. The van der Waals surface area contributed by atoms with Gasteiger partial charge in [-0.05, 0) is 38.0 Å². The summed E-state index contributed by atoms with van der Waals surface area (Å²) in [7, 11) is 0. The molecule has 0 radical (unpaired) electrons. The second-order valence-electron chi connectivity index (χ2n) is 4.68. The molecule has 1 aliphatic heterocycles. The predicted octanol–water partition coefficient (Wildman–Crippen LogP) is 4.59. The Morgan fingerprint density at radius 3 is 2.78 bits per heavy atom. The van der Waals surface area contributed by atoms with Crippen molar-refractivity contribution in [2.24, 2.45) is 4.99 Å². The van der Waals surface area contributed by atoms with Crippen LogP contribution in [0.25, 0.3) is 0 Å². The van der Waals surface area contributed by atoms with Crippen LogP contribution in [0.4, 0.5) is 0 Å². The molecule has 0 bridgehead atoms. The Morgan fingerprint density at radius 2 is 2.11 bits per heavy atom. The van der Waals surface area contributed by atoms with E-state index in [0.717, 1.165) is 6.42 Å². The fourth-order valence-electron chi connectivity index (χ4n) is 1.97. The molecule has 0 atom stereocenters. The van der Waals surface area contributed by atoms with Gasteiger partial charge in [-0.25, -0.2) is 0 Å². The molecule has 92 valence electrons. The number of rotatable bonds is 3. The summed E-state index contributed by atoms with van der Waals surface area (Å²) < 4.78 is 0. The Balaban J connectivity index is 2.11. The van der Waals surface area contributed by atoms with Crippen molar-refractivity contribution in [3.63, 3.8) is 0 Å². The van der Waals surface area contributed by atoms with Gasteiger partial charge in [-0.3, -0.25) is 4.99 Å². The van der Waals surface area contributed by atoms with Crippen LogP contribution in [-0.2, 0) is 0 Å². The lowest BCUT2D eigenvalue weighted by Crippen LogP contribution is -2.12. The van der Waals surface area contributed by atoms with Crippen molar-refractivity contribution in [1.82, 2.24) is 0 Å². The normalized spacial score (nSPS) is 18.1. The molecule has 0 unspecified atom stereocenters. The van der Waals surface area contributed by atoms with Crippen LogP contribution in [0, 0.1) is 6.92 Å². The number of nitrogens with zero attached hydrogens (tertiary/aromatic N) is 1. The van der Waals surface area contributed by atoms with Crippen molar-refractivity contribution in [2.75, 3.05) is 0 Å². The number of allylic oxidation sites excluding steroid dienone is 6. The number of aliphatic imine (C=N–C) groups is 1. The molecule has 18 heavy (non-hydrogen) atoms. The largest absolute Gasteiger partial charge is 0.256 e. The van der Waals surface area contributed by atoms with Gasteiger partial charge in [-0.1, -0.05) is 48.1 Å². The van der Waals surface area contributed by atoms with Gasteiger partial charge in [0, 0.05) is 12.1 Å². The maximum absolute atomic E-state index is 4.59. The summed E-state index contributed by atoms with van der Waals surface area (Å²) in [4.78, 5) is 4.59. The second-order valence-corrected chi connectivity index (χ2v) is 4.68. The van der Waals surface area contributed by atoms with E-state index in [-0.39, 0.29) is 0 Å². The summed E-state index contributed by atoms with van der Waals surface area (Å²) >= 11 is 0. The molecule has 0 spiro atoms. The Labute approximate surface area is 109 Å². The molecule has 1 nitrogen and oxygen atoms in total. The maximum Gasteiger partial charge on any atom is 0.0538 e. The third-order valence-corrected chi connectivity index (χ3v) is 2.92. The average molecular weight is 237 g/mol. The van der Waals surface area contributed by atoms with E-state index in [0.29, 0.717) is 0 Å². The molecule has 1 heterocycles. The minimum Gasteiger partial charge on any atom is -0.256 e. The van der Waals surface area contributed by atoms with Gasteiger partial charge in [0.1, 0.15) is 0 Å². The minimum absolute atomic E-state index is 0.977. The molecule has 1 heteroatoms. The van der Waals surface area contributed by atoms with E-state index in [4.69, 9.17) is 0 Å². The monoisotopic (exact) mass is 237 g/mol. The van der Waals surface area contributed by atoms with E-state index in [1.54, 1.807) is 0 Å². The summed E-state index contributed by atoms with van der Waals surface area (Å²) in [5.74, 6) is 0. The Morgan fingerprint density at radius 1 is 1.33 bits per heavy atom.